The van der Waals surface area contributed by atoms with Gasteiger partial charge in [0.2, 0.25) is 11.8 Å². The van der Waals surface area contributed by atoms with E-state index in [1.807, 2.05) is 34.7 Å². The molecule has 1 saturated heterocycles. The molecule has 8 heteroatoms. The number of hydrogen-bond acceptors (Lipinski definition) is 5. The van der Waals surface area contributed by atoms with E-state index >= 15 is 0 Å². The number of nitrogens with zero attached hydrogens (tertiary/aromatic N) is 3. The molecule has 2 aliphatic rings. The Morgan fingerprint density at radius 3 is 2.83 bits per heavy atom. The summed E-state index contributed by atoms with van der Waals surface area (Å²) >= 11 is 0. The van der Waals surface area contributed by atoms with Gasteiger partial charge in [-0.2, -0.15) is 0 Å². The van der Waals surface area contributed by atoms with Crippen LogP contribution in [0.15, 0.2) is 42.6 Å². The molecular weight excluding hydrogens is 372 g/mol. The third-order valence-electron chi connectivity index (χ3n) is 5.52. The topological polar surface area (TPSA) is 93.0 Å². The number of fused-ring (bicyclic) bond motifs is 2. The zero-order valence-corrected chi connectivity index (χ0v) is 15.7. The van der Waals surface area contributed by atoms with Crippen LogP contribution in [0.3, 0.4) is 0 Å². The fraction of sp³-hybridized carbons (Fsp3) is 0.238. The normalized spacial score (nSPS) is 18.9. The molecule has 0 spiro atoms. The van der Waals surface area contributed by atoms with Crippen LogP contribution in [0, 0.1) is 0 Å². The fourth-order valence-corrected chi connectivity index (χ4v) is 4.10. The SMILES string of the molecule is COc1cccc2ncc(-c3ccc4c(c3)CN(C3CCC(=O)NC3=O)C4=O)n12. The summed E-state index contributed by atoms with van der Waals surface area (Å²) in [6.45, 7) is 0.335. The molecule has 29 heavy (non-hydrogen) atoms. The van der Waals surface area contributed by atoms with Gasteiger partial charge in [-0.1, -0.05) is 12.1 Å². The zero-order chi connectivity index (χ0) is 20.1. The first-order chi connectivity index (χ1) is 14.1. The van der Waals surface area contributed by atoms with Crippen LogP contribution in [0.1, 0.15) is 28.8 Å². The number of imidazole rings is 1. The molecule has 0 radical (unpaired) electrons. The molecule has 0 aliphatic carbocycles. The van der Waals surface area contributed by atoms with Gasteiger partial charge in [0.05, 0.1) is 19.0 Å². The highest BCUT2D eigenvalue weighted by Gasteiger charge is 2.39. The van der Waals surface area contributed by atoms with E-state index in [9.17, 15) is 14.4 Å². The molecule has 4 heterocycles. The predicted molar refractivity (Wildman–Crippen MR) is 103 cm³/mol. The lowest BCUT2D eigenvalue weighted by atomic mass is 10.0. The predicted octanol–water partition coefficient (Wildman–Crippen LogP) is 1.77. The third-order valence-corrected chi connectivity index (χ3v) is 5.52. The number of carbonyl (C=O) groups is 3. The highest BCUT2D eigenvalue weighted by molar-refractivity contribution is 6.05. The van der Waals surface area contributed by atoms with Gasteiger partial charge >= 0.3 is 0 Å². The van der Waals surface area contributed by atoms with Crippen molar-refractivity contribution in [1.29, 1.82) is 0 Å². The molecule has 1 atom stereocenters. The van der Waals surface area contributed by atoms with Crippen LogP contribution in [0.5, 0.6) is 5.88 Å². The molecule has 2 aromatic heterocycles. The van der Waals surface area contributed by atoms with Gasteiger partial charge in [-0.05, 0) is 36.2 Å². The number of amides is 3. The van der Waals surface area contributed by atoms with Crippen LogP contribution >= 0.6 is 0 Å². The molecule has 2 aliphatic heterocycles. The second-order valence-electron chi connectivity index (χ2n) is 7.18. The van der Waals surface area contributed by atoms with Gasteiger partial charge in [0, 0.05) is 24.1 Å². The van der Waals surface area contributed by atoms with E-state index in [0.29, 0.717) is 24.4 Å². The number of rotatable bonds is 3. The van der Waals surface area contributed by atoms with Crippen molar-refractivity contribution in [3.05, 3.63) is 53.7 Å². The Balaban J connectivity index is 1.51. The number of pyridine rings is 1. The molecule has 0 bridgehead atoms. The van der Waals surface area contributed by atoms with Gasteiger partial charge in [-0.25, -0.2) is 4.98 Å². The first kappa shape index (κ1) is 17.4. The van der Waals surface area contributed by atoms with E-state index in [0.717, 1.165) is 22.5 Å². The monoisotopic (exact) mass is 390 g/mol. The molecule has 1 fully saturated rings. The lowest BCUT2D eigenvalue weighted by molar-refractivity contribution is -0.136. The first-order valence-corrected chi connectivity index (χ1v) is 9.35. The number of hydrogen-bond donors (Lipinski definition) is 1. The summed E-state index contributed by atoms with van der Waals surface area (Å²) < 4.78 is 7.38. The Labute approximate surface area is 166 Å². The Kier molecular flexibility index (Phi) is 3.87. The minimum atomic E-state index is -0.619. The summed E-state index contributed by atoms with van der Waals surface area (Å²) in [5, 5.41) is 2.32. The van der Waals surface area contributed by atoms with Crippen molar-refractivity contribution in [3.63, 3.8) is 0 Å². The number of methoxy groups -OCH3 is 1. The van der Waals surface area contributed by atoms with E-state index in [4.69, 9.17) is 4.74 Å². The smallest absolute Gasteiger partial charge is 0.255 e. The number of piperidine rings is 1. The summed E-state index contributed by atoms with van der Waals surface area (Å²) in [6.07, 6.45) is 2.36. The van der Waals surface area contributed by atoms with Gasteiger partial charge in [0.15, 0.2) is 5.88 Å². The Bertz CT molecular complexity index is 1180. The lowest BCUT2D eigenvalue weighted by Crippen LogP contribution is -2.52. The molecule has 1 N–H and O–H groups in total. The average Bonchev–Trinajstić information content (AvgIpc) is 3.29. The first-order valence-electron chi connectivity index (χ1n) is 9.35. The molecule has 3 aromatic rings. The minimum absolute atomic E-state index is 0.184. The Hall–Kier alpha value is -3.68. The molecular formula is C21H18N4O4. The third kappa shape index (κ3) is 2.67. The van der Waals surface area contributed by atoms with Crippen LogP contribution in [-0.4, -0.2) is 45.2 Å². The maximum atomic E-state index is 12.9. The van der Waals surface area contributed by atoms with Crippen molar-refractivity contribution < 1.29 is 19.1 Å². The van der Waals surface area contributed by atoms with E-state index in [1.54, 1.807) is 24.3 Å². The van der Waals surface area contributed by atoms with E-state index < -0.39 is 11.9 Å². The molecule has 3 amide bonds. The minimum Gasteiger partial charge on any atom is -0.482 e. The molecule has 146 valence electrons. The number of benzene rings is 1. The standard InChI is InChI=1S/C21H18N4O4/c1-29-19-4-2-3-17-22-10-16(25(17)19)12-5-6-14-13(9-12)11-24(21(14)28)15-7-8-18(26)23-20(15)27/h2-6,9-10,15H,7-8,11H2,1H3,(H,23,26,27). The van der Waals surface area contributed by atoms with Crippen molar-refractivity contribution in [2.24, 2.45) is 0 Å². The molecule has 1 aromatic carbocycles. The van der Waals surface area contributed by atoms with Crippen molar-refractivity contribution in [2.75, 3.05) is 7.11 Å². The van der Waals surface area contributed by atoms with E-state index in [-0.39, 0.29) is 18.2 Å². The molecule has 8 nitrogen and oxygen atoms in total. The highest BCUT2D eigenvalue weighted by Crippen LogP contribution is 2.32. The maximum Gasteiger partial charge on any atom is 0.255 e. The number of nitrogens with one attached hydrogen (secondary N) is 1. The Morgan fingerprint density at radius 2 is 2.03 bits per heavy atom. The van der Waals surface area contributed by atoms with Crippen molar-refractivity contribution in [3.8, 4) is 17.1 Å². The Morgan fingerprint density at radius 1 is 1.17 bits per heavy atom. The molecule has 5 rings (SSSR count). The summed E-state index contributed by atoms with van der Waals surface area (Å²) in [7, 11) is 1.61. The van der Waals surface area contributed by atoms with Crippen molar-refractivity contribution >= 4 is 23.4 Å². The van der Waals surface area contributed by atoms with Gasteiger partial charge in [-0.15, -0.1) is 0 Å². The summed E-state index contributed by atoms with van der Waals surface area (Å²) in [5.41, 5.74) is 3.95. The number of imide groups is 1. The van der Waals surface area contributed by atoms with Gasteiger partial charge in [0.1, 0.15) is 11.7 Å². The van der Waals surface area contributed by atoms with E-state index in [2.05, 4.69) is 10.3 Å². The maximum absolute atomic E-state index is 12.9. The van der Waals surface area contributed by atoms with Gasteiger partial charge in [-0.3, -0.25) is 24.1 Å². The lowest BCUT2D eigenvalue weighted by Gasteiger charge is -2.29. The van der Waals surface area contributed by atoms with Crippen LogP contribution in [0.25, 0.3) is 16.9 Å². The van der Waals surface area contributed by atoms with Crippen LogP contribution < -0.4 is 10.1 Å². The summed E-state index contributed by atoms with van der Waals surface area (Å²) in [4.78, 5) is 42.5. The zero-order valence-electron chi connectivity index (χ0n) is 15.7. The second kappa shape index (κ2) is 6.44. The van der Waals surface area contributed by atoms with Crippen LogP contribution in [-0.2, 0) is 16.1 Å². The van der Waals surface area contributed by atoms with Crippen LogP contribution in [0.2, 0.25) is 0 Å². The number of ether oxygens (including phenoxy) is 1. The number of carbonyl (C=O) groups excluding carboxylic acids is 3. The van der Waals surface area contributed by atoms with Gasteiger partial charge < -0.3 is 9.64 Å². The van der Waals surface area contributed by atoms with Crippen molar-refractivity contribution in [2.45, 2.75) is 25.4 Å². The molecule has 1 unspecified atom stereocenters. The fourth-order valence-electron chi connectivity index (χ4n) is 4.10. The van der Waals surface area contributed by atoms with E-state index in [1.165, 1.54) is 0 Å². The quantitative estimate of drug-likeness (QED) is 0.688. The average molecular weight is 390 g/mol. The van der Waals surface area contributed by atoms with Crippen LogP contribution in [0.4, 0.5) is 0 Å². The van der Waals surface area contributed by atoms with Crippen molar-refractivity contribution in [1.82, 2.24) is 19.6 Å². The summed E-state index contributed by atoms with van der Waals surface area (Å²) in [5.74, 6) is -0.220. The second-order valence-corrected chi connectivity index (χ2v) is 7.18. The highest BCUT2D eigenvalue weighted by atomic mass is 16.5. The molecule has 0 saturated carbocycles. The van der Waals surface area contributed by atoms with Gasteiger partial charge in [0.25, 0.3) is 5.91 Å². The number of aromatic nitrogens is 2. The summed E-state index contributed by atoms with van der Waals surface area (Å²) in [6, 6.07) is 10.6. The largest absolute Gasteiger partial charge is 0.482 e.